The van der Waals surface area contributed by atoms with Crippen LogP contribution in [0, 0.1) is 6.92 Å². The number of aromatic nitrogens is 3. The largest absolute Gasteiger partial charge is 0.374 e. The van der Waals surface area contributed by atoms with Gasteiger partial charge in [0.1, 0.15) is 12.0 Å². The Hall–Kier alpha value is -2.44. The van der Waals surface area contributed by atoms with Crippen LogP contribution in [-0.4, -0.2) is 71.5 Å². The maximum absolute atomic E-state index is 11.9. The molecule has 2 aromatic heterocycles. The van der Waals surface area contributed by atoms with E-state index in [1.807, 2.05) is 21.7 Å². The number of anilines is 2. The van der Waals surface area contributed by atoms with E-state index in [-0.39, 0.29) is 6.04 Å². The van der Waals surface area contributed by atoms with Gasteiger partial charge in [-0.15, -0.1) is 0 Å². The standard InChI is InChI=1S/C25H34ClN7O3S/c1-16-14-33-23(28-24(16)31-11-9-27-17(2)15-31)13-21(29-33)22-6-4-5-10-32(22)25(34)19-12-18(26)7-8-20(19)30-37(3,35)36/h7-8,12-14,17,22,25,27,30,34H,4-6,9-11,15H2,1-3H3/t17-,22-,25?/m0/s1. The average molecular weight is 548 g/mol. The molecular formula is C25H34ClN7O3S. The highest BCUT2D eigenvalue weighted by atomic mass is 35.5. The molecule has 10 nitrogen and oxygen atoms in total. The Morgan fingerprint density at radius 1 is 1.24 bits per heavy atom. The summed E-state index contributed by atoms with van der Waals surface area (Å²) in [6.45, 7) is 7.60. The van der Waals surface area contributed by atoms with E-state index in [0.29, 0.717) is 28.9 Å². The van der Waals surface area contributed by atoms with Gasteiger partial charge in [0.2, 0.25) is 10.0 Å². The van der Waals surface area contributed by atoms with Crippen LogP contribution >= 0.6 is 11.6 Å². The minimum atomic E-state index is -3.54. The molecule has 1 unspecified atom stereocenters. The Kier molecular flexibility index (Phi) is 7.34. The lowest BCUT2D eigenvalue weighted by atomic mass is 9.97. The van der Waals surface area contributed by atoms with Crippen LogP contribution in [0.25, 0.3) is 5.65 Å². The summed E-state index contributed by atoms with van der Waals surface area (Å²) in [6, 6.07) is 7.04. The van der Waals surface area contributed by atoms with E-state index in [2.05, 4.69) is 28.8 Å². The van der Waals surface area contributed by atoms with E-state index < -0.39 is 16.3 Å². The van der Waals surface area contributed by atoms with Crippen LogP contribution < -0.4 is 14.9 Å². The van der Waals surface area contributed by atoms with Gasteiger partial charge in [0.15, 0.2) is 5.65 Å². The van der Waals surface area contributed by atoms with Crippen molar-refractivity contribution < 1.29 is 13.5 Å². The summed E-state index contributed by atoms with van der Waals surface area (Å²) in [4.78, 5) is 9.25. The third-order valence-corrected chi connectivity index (χ3v) is 7.90. The number of nitrogens with one attached hydrogen (secondary N) is 2. The lowest BCUT2D eigenvalue weighted by Gasteiger charge is -2.38. The summed E-state index contributed by atoms with van der Waals surface area (Å²) in [5, 5.41) is 20.3. The summed E-state index contributed by atoms with van der Waals surface area (Å²) in [5.74, 6) is 0.975. The zero-order valence-corrected chi connectivity index (χ0v) is 22.9. The van der Waals surface area contributed by atoms with Gasteiger partial charge in [-0.3, -0.25) is 9.62 Å². The highest BCUT2D eigenvalue weighted by Crippen LogP contribution is 2.39. The van der Waals surface area contributed by atoms with Crippen molar-refractivity contribution in [2.75, 3.05) is 42.1 Å². The number of aryl methyl sites for hydroxylation is 1. The maximum Gasteiger partial charge on any atom is 0.229 e. The molecule has 4 heterocycles. The quantitative estimate of drug-likeness (QED) is 0.431. The van der Waals surface area contributed by atoms with Gasteiger partial charge >= 0.3 is 0 Å². The van der Waals surface area contributed by atoms with E-state index in [4.69, 9.17) is 21.7 Å². The van der Waals surface area contributed by atoms with E-state index in [0.717, 1.165) is 67.9 Å². The number of benzene rings is 1. The van der Waals surface area contributed by atoms with Crippen molar-refractivity contribution >= 4 is 38.8 Å². The zero-order chi connectivity index (χ0) is 26.3. The number of rotatable bonds is 6. The number of hydrogen-bond donors (Lipinski definition) is 3. The molecule has 1 aromatic carbocycles. The number of piperidine rings is 1. The number of nitrogens with zero attached hydrogens (tertiary/aromatic N) is 5. The lowest BCUT2D eigenvalue weighted by Crippen LogP contribution is -2.49. The van der Waals surface area contributed by atoms with Crippen molar-refractivity contribution in [2.24, 2.45) is 0 Å². The molecule has 2 aliphatic heterocycles. The molecule has 0 amide bonds. The fourth-order valence-electron chi connectivity index (χ4n) is 5.41. The van der Waals surface area contributed by atoms with Crippen molar-refractivity contribution in [1.82, 2.24) is 24.8 Å². The number of likely N-dealkylation sites (tertiary alicyclic amines) is 1. The van der Waals surface area contributed by atoms with Crippen LogP contribution in [0.5, 0.6) is 0 Å². The summed E-state index contributed by atoms with van der Waals surface area (Å²) in [6.07, 6.45) is 4.77. The SMILES string of the molecule is Cc1cn2nc([C@@H]3CCCCN3C(O)c3cc(Cl)ccc3NS(C)(=O)=O)cc2nc1N1CCN[C@@H](C)C1. The fourth-order valence-corrected chi connectivity index (χ4v) is 6.18. The van der Waals surface area contributed by atoms with Gasteiger partial charge < -0.3 is 15.3 Å². The molecule has 200 valence electrons. The third-order valence-electron chi connectivity index (χ3n) is 7.08. The molecule has 0 bridgehead atoms. The minimum Gasteiger partial charge on any atom is -0.374 e. The first-order valence-electron chi connectivity index (χ1n) is 12.7. The molecule has 2 saturated heterocycles. The van der Waals surface area contributed by atoms with Gasteiger partial charge in [0.05, 0.1) is 23.7 Å². The molecule has 2 aliphatic rings. The molecule has 0 aliphatic carbocycles. The summed E-state index contributed by atoms with van der Waals surface area (Å²) in [7, 11) is -3.54. The molecular weight excluding hydrogens is 514 g/mol. The van der Waals surface area contributed by atoms with Gasteiger partial charge in [-0.1, -0.05) is 18.0 Å². The van der Waals surface area contributed by atoms with Gasteiger partial charge in [0, 0.05) is 60.6 Å². The lowest BCUT2D eigenvalue weighted by molar-refractivity contribution is -0.0451. The van der Waals surface area contributed by atoms with Crippen LogP contribution in [0.1, 0.15) is 55.3 Å². The molecule has 37 heavy (non-hydrogen) atoms. The molecule has 2 fully saturated rings. The van der Waals surface area contributed by atoms with Crippen molar-refractivity contribution in [1.29, 1.82) is 0 Å². The van der Waals surface area contributed by atoms with Gasteiger partial charge in [0.25, 0.3) is 0 Å². The Morgan fingerprint density at radius 2 is 2.05 bits per heavy atom. The van der Waals surface area contributed by atoms with Crippen LogP contribution in [-0.2, 0) is 10.0 Å². The number of halogens is 1. The highest BCUT2D eigenvalue weighted by molar-refractivity contribution is 7.92. The number of piperazine rings is 1. The molecule has 3 atom stereocenters. The molecule has 5 rings (SSSR count). The second-order valence-corrected chi connectivity index (χ2v) is 12.3. The van der Waals surface area contributed by atoms with Crippen LogP contribution in [0.3, 0.4) is 0 Å². The normalized spacial score (nSPS) is 22.4. The molecule has 0 saturated carbocycles. The Bertz CT molecular complexity index is 1400. The monoisotopic (exact) mass is 547 g/mol. The van der Waals surface area contributed by atoms with Crippen LogP contribution in [0.15, 0.2) is 30.5 Å². The smallest absolute Gasteiger partial charge is 0.229 e. The topological polar surface area (TPSA) is 115 Å². The van der Waals surface area contributed by atoms with Crippen molar-refractivity contribution in [3.63, 3.8) is 0 Å². The first-order valence-corrected chi connectivity index (χ1v) is 14.9. The average Bonchev–Trinajstić information content (AvgIpc) is 3.26. The summed E-state index contributed by atoms with van der Waals surface area (Å²) < 4.78 is 28.2. The number of fused-ring (bicyclic) bond motifs is 1. The van der Waals surface area contributed by atoms with Crippen LogP contribution in [0.2, 0.25) is 5.02 Å². The Labute approximate surface area is 222 Å². The van der Waals surface area contributed by atoms with Gasteiger partial charge in [-0.2, -0.15) is 5.10 Å². The first kappa shape index (κ1) is 26.2. The molecule has 0 radical (unpaired) electrons. The van der Waals surface area contributed by atoms with Gasteiger partial charge in [-0.05, 0) is 44.9 Å². The second kappa shape index (κ2) is 10.4. The zero-order valence-electron chi connectivity index (χ0n) is 21.4. The molecule has 0 spiro atoms. The third kappa shape index (κ3) is 5.70. The Morgan fingerprint density at radius 3 is 2.81 bits per heavy atom. The van der Waals surface area contributed by atoms with E-state index >= 15 is 0 Å². The number of aliphatic hydroxyl groups is 1. The summed E-state index contributed by atoms with van der Waals surface area (Å²) >= 11 is 6.24. The van der Waals surface area contributed by atoms with E-state index in [1.165, 1.54) is 0 Å². The highest BCUT2D eigenvalue weighted by Gasteiger charge is 2.33. The van der Waals surface area contributed by atoms with Crippen LogP contribution in [0.4, 0.5) is 11.5 Å². The van der Waals surface area contributed by atoms with E-state index in [9.17, 15) is 13.5 Å². The second-order valence-electron chi connectivity index (χ2n) is 10.1. The predicted octanol–water partition coefficient (Wildman–Crippen LogP) is 3.08. The first-order chi connectivity index (χ1) is 17.6. The molecule has 12 heteroatoms. The maximum atomic E-state index is 11.9. The van der Waals surface area contributed by atoms with Gasteiger partial charge in [-0.25, -0.2) is 17.9 Å². The number of sulfonamides is 1. The fraction of sp³-hybridized carbons (Fsp3) is 0.520. The predicted molar refractivity (Wildman–Crippen MR) is 146 cm³/mol. The van der Waals surface area contributed by atoms with Crippen molar-refractivity contribution in [3.05, 3.63) is 52.3 Å². The summed E-state index contributed by atoms with van der Waals surface area (Å²) in [5.41, 5.74) is 3.39. The minimum absolute atomic E-state index is 0.154. The molecule has 3 aromatic rings. The number of hydrogen-bond acceptors (Lipinski definition) is 8. The van der Waals surface area contributed by atoms with Crippen molar-refractivity contribution in [2.45, 2.75) is 51.4 Å². The number of aliphatic hydroxyl groups excluding tert-OH is 1. The Balaban J connectivity index is 1.47. The van der Waals surface area contributed by atoms with Crippen molar-refractivity contribution in [3.8, 4) is 0 Å². The molecule has 3 N–H and O–H groups in total. The van der Waals surface area contributed by atoms with E-state index in [1.54, 1.807) is 18.2 Å².